The van der Waals surface area contributed by atoms with Gasteiger partial charge in [-0.2, -0.15) is 0 Å². The van der Waals surface area contributed by atoms with Gasteiger partial charge in [0, 0.05) is 17.6 Å². The molecule has 0 aliphatic rings. The second kappa shape index (κ2) is 5.26. The van der Waals surface area contributed by atoms with Gasteiger partial charge in [0.2, 0.25) is 0 Å². The van der Waals surface area contributed by atoms with Crippen LogP contribution in [0.4, 0.5) is 5.69 Å². The van der Waals surface area contributed by atoms with Crippen molar-refractivity contribution in [2.75, 3.05) is 11.9 Å². The molecule has 0 heterocycles. The van der Waals surface area contributed by atoms with Crippen LogP contribution in [-0.4, -0.2) is 11.9 Å². The van der Waals surface area contributed by atoms with Crippen molar-refractivity contribution >= 4 is 17.3 Å². The molecule has 14 heavy (non-hydrogen) atoms. The summed E-state index contributed by atoms with van der Waals surface area (Å²) < 4.78 is 0. The van der Waals surface area contributed by atoms with E-state index in [-0.39, 0.29) is 5.38 Å². The standard InChI is InChI=1S/C12H18ClN/c1-4-11-7-5-6-9(2)12(11)14-8-10(3)13/h5-7,10,14H,4,8H2,1-3H3. The van der Waals surface area contributed by atoms with Crippen LogP contribution in [0.1, 0.15) is 25.0 Å². The van der Waals surface area contributed by atoms with Gasteiger partial charge in [0.05, 0.1) is 0 Å². The van der Waals surface area contributed by atoms with E-state index in [1.54, 1.807) is 0 Å². The highest BCUT2D eigenvalue weighted by Gasteiger charge is 2.04. The number of hydrogen-bond acceptors (Lipinski definition) is 1. The number of alkyl halides is 1. The van der Waals surface area contributed by atoms with Gasteiger partial charge >= 0.3 is 0 Å². The van der Waals surface area contributed by atoms with E-state index < -0.39 is 0 Å². The summed E-state index contributed by atoms with van der Waals surface area (Å²) in [4.78, 5) is 0. The van der Waals surface area contributed by atoms with Crippen LogP contribution in [0.15, 0.2) is 18.2 Å². The summed E-state index contributed by atoms with van der Waals surface area (Å²) in [6.07, 6.45) is 1.06. The Balaban J connectivity index is 2.82. The predicted octanol–water partition coefficient (Wildman–Crippen LogP) is 3.60. The molecule has 0 fully saturated rings. The third-order valence-corrected chi connectivity index (χ3v) is 2.45. The highest BCUT2D eigenvalue weighted by atomic mass is 35.5. The molecular weight excluding hydrogens is 194 g/mol. The number of rotatable bonds is 4. The summed E-state index contributed by atoms with van der Waals surface area (Å²) in [5, 5.41) is 3.57. The van der Waals surface area contributed by atoms with E-state index in [0.717, 1.165) is 13.0 Å². The van der Waals surface area contributed by atoms with Crippen LogP contribution in [0, 0.1) is 6.92 Å². The van der Waals surface area contributed by atoms with Gasteiger partial charge in [0.25, 0.3) is 0 Å². The smallest absolute Gasteiger partial charge is 0.0480 e. The molecule has 0 aliphatic heterocycles. The first-order valence-electron chi connectivity index (χ1n) is 5.11. The average molecular weight is 212 g/mol. The van der Waals surface area contributed by atoms with E-state index >= 15 is 0 Å². The quantitative estimate of drug-likeness (QED) is 0.751. The molecular formula is C12H18ClN. The van der Waals surface area contributed by atoms with Gasteiger partial charge in [0.15, 0.2) is 0 Å². The molecule has 1 rings (SSSR count). The molecule has 0 bridgehead atoms. The van der Waals surface area contributed by atoms with Crippen molar-refractivity contribution in [3.8, 4) is 0 Å². The molecule has 1 nitrogen and oxygen atoms in total. The second-order valence-electron chi connectivity index (χ2n) is 3.62. The zero-order valence-corrected chi connectivity index (χ0v) is 9.86. The molecule has 1 unspecified atom stereocenters. The van der Waals surface area contributed by atoms with Crippen molar-refractivity contribution in [3.05, 3.63) is 29.3 Å². The molecule has 1 aromatic carbocycles. The van der Waals surface area contributed by atoms with Gasteiger partial charge < -0.3 is 5.32 Å². The van der Waals surface area contributed by atoms with E-state index in [4.69, 9.17) is 11.6 Å². The van der Waals surface area contributed by atoms with Gasteiger partial charge in [-0.1, -0.05) is 25.1 Å². The van der Waals surface area contributed by atoms with Crippen LogP contribution >= 0.6 is 11.6 Å². The fraction of sp³-hybridized carbons (Fsp3) is 0.500. The lowest BCUT2D eigenvalue weighted by molar-refractivity contribution is 0.977. The van der Waals surface area contributed by atoms with Crippen LogP contribution in [-0.2, 0) is 6.42 Å². The third kappa shape index (κ3) is 2.91. The topological polar surface area (TPSA) is 12.0 Å². The van der Waals surface area contributed by atoms with Crippen LogP contribution in [0.2, 0.25) is 0 Å². The van der Waals surface area contributed by atoms with Crippen LogP contribution < -0.4 is 5.32 Å². The number of halogens is 1. The van der Waals surface area contributed by atoms with E-state index in [9.17, 15) is 0 Å². The lowest BCUT2D eigenvalue weighted by Crippen LogP contribution is -2.12. The Hall–Kier alpha value is -0.690. The van der Waals surface area contributed by atoms with E-state index in [2.05, 4.69) is 37.4 Å². The van der Waals surface area contributed by atoms with Crippen molar-refractivity contribution in [1.29, 1.82) is 0 Å². The minimum atomic E-state index is 0.166. The Labute approximate surface area is 91.5 Å². The molecule has 0 radical (unpaired) electrons. The van der Waals surface area contributed by atoms with Gasteiger partial charge in [-0.15, -0.1) is 11.6 Å². The van der Waals surface area contributed by atoms with Crippen molar-refractivity contribution in [2.24, 2.45) is 0 Å². The Bertz CT molecular complexity index is 294. The van der Waals surface area contributed by atoms with Crippen molar-refractivity contribution < 1.29 is 0 Å². The number of hydrogen-bond donors (Lipinski definition) is 1. The molecule has 78 valence electrons. The first-order valence-corrected chi connectivity index (χ1v) is 5.55. The average Bonchev–Trinajstić information content (AvgIpc) is 2.15. The largest absolute Gasteiger partial charge is 0.383 e. The predicted molar refractivity (Wildman–Crippen MR) is 64.4 cm³/mol. The number of aryl methyl sites for hydroxylation is 2. The van der Waals surface area contributed by atoms with Crippen LogP contribution in [0.25, 0.3) is 0 Å². The van der Waals surface area contributed by atoms with Crippen molar-refractivity contribution in [3.63, 3.8) is 0 Å². The fourth-order valence-electron chi connectivity index (χ4n) is 1.52. The van der Waals surface area contributed by atoms with Crippen LogP contribution in [0.5, 0.6) is 0 Å². The number of anilines is 1. The summed E-state index contributed by atoms with van der Waals surface area (Å²) in [6.45, 7) is 7.11. The summed E-state index contributed by atoms with van der Waals surface area (Å²) in [6, 6.07) is 6.39. The second-order valence-corrected chi connectivity index (χ2v) is 4.37. The number of benzene rings is 1. The van der Waals surface area contributed by atoms with Gasteiger partial charge in [-0.3, -0.25) is 0 Å². The first-order chi connectivity index (χ1) is 6.65. The number of nitrogens with one attached hydrogen (secondary N) is 1. The highest BCUT2D eigenvalue weighted by molar-refractivity contribution is 6.20. The lowest BCUT2D eigenvalue weighted by atomic mass is 10.1. The molecule has 0 aliphatic carbocycles. The highest BCUT2D eigenvalue weighted by Crippen LogP contribution is 2.21. The normalized spacial score (nSPS) is 12.6. The van der Waals surface area contributed by atoms with Crippen LogP contribution in [0.3, 0.4) is 0 Å². The first kappa shape index (κ1) is 11.4. The Morgan fingerprint density at radius 3 is 2.71 bits per heavy atom. The van der Waals surface area contributed by atoms with Gasteiger partial charge in [0.1, 0.15) is 0 Å². The number of para-hydroxylation sites is 1. The minimum Gasteiger partial charge on any atom is -0.383 e. The zero-order valence-electron chi connectivity index (χ0n) is 9.10. The summed E-state index contributed by atoms with van der Waals surface area (Å²) >= 11 is 5.91. The molecule has 0 amide bonds. The maximum atomic E-state index is 5.91. The minimum absolute atomic E-state index is 0.166. The van der Waals surface area contributed by atoms with E-state index in [1.807, 2.05) is 6.92 Å². The Morgan fingerprint density at radius 1 is 1.43 bits per heavy atom. The molecule has 1 N–H and O–H groups in total. The van der Waals surface area contributed by atoms with Gasteiger partial charge in [-0.05, 0) is 31.4 Å². The van der Waals surface area contributed by atoms with Crippen molar-refractivity contribution in [1.82, 2.24) is 0 Å². The maximum Gasteiger partial charge on any atom is 0.0480 e. The fourth-order valence-corrected chi connectivity index (χ4v) is 1.60. The molecule has 0 saturated heterocycles. The summed E-state index contributed by atoms with van der Waals surface area (Å²) in [5.74, 6) is 0. The van der Waals surface area contributed by atoms with E-state index in [0.29, 0.717) is 0 Å². The monoisotopic (exact) mass is 211 g/mol. The lowest BCUT2D eigenvalue weighted by Gasteiger charge is -2.14. The molecule has 0 spiro atoms. The SMILES string of the molecule is CCc1cccc(C)c1NCC(C)Cl. The molecule has 0 saturated carbocycles. The molecule has 2 heteroatoms. The summed E-state index contributed by atoms with van der Waals surface area (Å²) in [5.41, 5.74) is 3.91. The molecule has 1 atom stereocenters. The van der Waals surface area contributed by atoms with Crippen molar-refractivity contribution in [2.45, 2.75) is 32.6 Å². The summed E-state index contributed by atoms with van der Waals surface area (Å²) in [7, 11) is 0. The third-order valence-electron chi connectivity index (χ3n) is 2.30. The van der Waals surface area contributed by atoms with Gasteiger partial charge in [-0.25, -0.2) is 0 Å². The Morgan fingerprint density at radius 2 is 2.14 bits per heavy atom. The van der Waals surface area contributed by atoms with E-state index in [1.165, 1.54) is 16.8 Å². The zero-order chi connectivity index (χ0) is 10.6. The maximum absolute atomic E-state index is 5.91. The molecule has 0 aromatic heterocycles. The Kier molecular flexibility index (Phi) is 4.27. The molecule has 1 aromatic rings.